The van der Waals surface area contributed by atoms with Crippen LogP contribution in [0.2, 0.25) is 0 Å². The van der Waals surface area contributed by atoms with Crippen LogP contribution in [0.3, 0.4) is 0 Å². The molecule has 42 heavy (non-hydrogen) atoms. The lowest BCUT2D eigenvalue weighted by Crippen LogP contribution is -2.80. The van der Waals surface area contributed by atoms with Gasteiger partial charge in [-0.15, -0.1) is 11.8 Å². The highest BCUT2D eigenvalue weighted by Gasteiger charge is 2.66. The van der Waals surface area contributed by atoms with Crippen molar-refractivity contribution in [3.8, 4) is 5.75 Å². The maximum absolute atomic E-state index is 13.1. The van der Waals surface area contributed by atoms with Crippen LogP contribution in [0.25, 0.3) is 6.08 Å². The molecule has 2 aliphatic heterocycles. The Kier molecular flexibility index (Phi) is 10.3. The number of carboxylic acid groups (broad SMARTS) is 2. The first kappa shape index (κ1) is 32.5. The predicted octanol–water partition coefficient (Wildman–Crippen LogP) is -0.280. The molecule has 1 fully saturated rings. The summed E-state index contributed by atoms with van der Waals surface area (Å²) in [6.07, 6.45) is 2.40. The van der Waals surface area contributed by atoms with Gasteiger partial charge in [0.15, 0.2) is 0 Å². The minimum Gasteiger partial charge on any atom is -0.480 e. The third-order valence-electron chi connectivity index (χ3n) is 6.08. The van der Waals surface area contributed by atoms with E-state index < -0.39 is 69.6 Å². The van der Waals surface area contributed by atoms with E-state index in [1.54, 1.807) is 0 Å². The van der Waals surface area contributed by atoms with Gasteiger partial charge in [0.25, 0.3) is 11.6 Å². The predicted molar refractivity (Wildman–Crippen MR) is 144 cm³/mol. The zero-order valence-electron chi connectivity index (χ0n) is 21.9. The molecule has 1 aromatic carbocycles. The fourth-order valence-corrected chi connectivity index (χ4v) is 5.83. The van der Waals surface area contributed by atoms with Gasteiger partial charge in [-0.3, -0.25) is 23.8 Å². The molecule has 0 spiro atoms. The second kappa shape index (κ2) is 13.3. The second-order valence-corrected chi connectivity index (χ2v) is 11.0. The molecule has 0 aliphatic carbocycles. The number of rotatable bonds is 14. The Morgan fingerprint density at radius 3 is 2.48 bits per heavy atom. The van der Waals surface area contributed by atoms with Gasteiger partial charge in [0, 0.05) is 30.9 Å². The molecule has 2 amide bonds. The Labute approximate surface area is 243 Å². The number of nitrogens with zero attached hydrogens (tertiary/aromatic N) is 1. The van der Waals surface area contributed by atoms with Gasteiger partial charge in [-0.2, -0.15) is 8.42 Å². The molecular weight excluding hydrogens is 602 g/mol. The fraction of sp³-hybridized carbons (Fsp3) is 0.375. The highest BCUT2D eigenvalue weighted by Crippen LogP contribution is 2.46. The minimum atomic E-state index is -4.68. The largest absolute Gasteiger partial charge is 0.480 e. The van der Waals surface area contributed by atoms with Crippen LogP contribution < -0.4 is 15.2 Å². The first-order chi connectivity index (χ1) is 19.7. The molecule has 3 rings (SSSR count). The second-order valence-electron chi connectivity index (χ2n) is 8.94. The van der Waals surface area contributed by atoms with Crippen molar-refractivity contribution >= 4 is 58.0 Å². The van der Waals surface area contributed by atoms with Crippen molar-refractivity contribution in [3.05, 3.63) is 47.2 Å². The molecule has 6 N–H and O–H groups in total. The molecule has 1 saturated heterocycles. The Balaban J connectivity index is 1.63. The molecule has 228 valence electrons. The number of ether oxygens (including phenoxy) is 2. The van der Waals surface area contributed by atoms with E-state index in [4.69, 9.17) is 24.9 Å². The molecule has 18 heteroatoms. The van der Waals surface area contributed by atoms with Crippen molar-refractivity contribution in [1.29, 1.82) is 0 Å². The summed E-state index contributed by atoms with van der Waals surface area (Å²) in [6.45, 7) is -0.453. The molecular formula is C24H27N3O13S2. The molecule has 0 saturated carbocycles. The normalized spacial score (nSPS) is 20.9. The van der Waals surface area contributed by atoms with E-state index in [-0.39, 0.29) is 36.3 Å². The quantitative estimate of drug-likeness (QED) is 0.0583. The van der Waals surface area contributed by atoms with E-state index in [1.165, 1.54) is 37.5 Å². The summed E-state index contributed by atoms with van der Waals surface area (Å²) in [5, 5.41) is 20.2. The third kappa shape index (κ3) is 7.65. The van der Waals surface area contributed by atoms with E-state index >= 15 is 0 Å². The van der Waals surface area contributed by atoms with Gasteiger partial charge >= 0.3 is 28.3 Å². The highest BCUT2D eigenvalue weighted by atomic mass is 32.3. The van der Waals surface area contributed by atoms with Crippen molar-refractivity contribution in [2.45, 2.75) is 36.4 Å². The monoisotopic (exact) mass is 629 g/mol. The van der Waals surface area contributed by atoms with Gasteiger partial charge in [0.05, 0.1) is 0 Å². The summed E-state index contributed by atoms with van der Waals surface area (Å²) in [6, 6.07) is 4.13. The average Bonchev–Trinajstić information content (AvgIpc) is 2.92. The van der Waals surface area contributed by atoms with Crippen molar-refractivity contribution in [2.24, 2.45) is 5.73 Å². The first-order valence-electron chi connectivity index (χ1n) is 12.1. The summed E-state index contributed by atoms with van der Waals surface area (Å²) in [5.41, 5.74) is 3.75. The van der Waals surface area contributed by atoms with E-state index in [1.807, 2.05) is 0 Å². The molecule has 0 unspecified atom stereocenters. The van der Waals surface area contributed by atoms with Gasteiger partial charge < -0.3 is 34.9 Å². The number of hydrogen-bond acceptors (Lipinski definition) is 12. The van der Waals surface area contributed by atoms with E-state index in [0.29, 0.717) is 5.56 Å². The van der Waals surface area contributed by atoms with Crippen LogP contribution in [0, 0.1) is 0 Å². The molecule has 2 aliphatic rings. The standard InChI is InChI=1S/C24H27N3O13S2/c1-38-24(26-17(28)4-2-3-16(25)20(30)31)22(34)27-19(21(32)33)14(12-41-23(24)27)11-39-18(29)10-7-13-5-8-15(9-6-13)40-42(35,36)37/h5-10,16,23H,2-4,11-12,25H2,1H3,(H,26,28)(H,30,31)(H,32,33)(H,35,36,37)/b10-7+/t16-,23+,24+/m1/s1. The fourth-order valence-electron chi connectivity index (χ4n) is 4.06. The van der Waals surface area contributed by atoms with Crippen molar-refractivity contribution in [3.63, 3.8) is 0 Å². The molecule has 16 nitrogen and oxygen atoms in total. The van der Waals surface area contributed by atoms with Crippen molar-refractivity contribution < 1.29 is 60.8 Å². The number of methoxy groups -OCH3 is 1. The van der Waals surface area contributed by atoms with Crippen LogP contribution in [-0.4, -0.2) is 94.4 Å². The maximum Gasteiger partial charge on any atom is 0.446 e. The Morgan fingerprint density at radius 1 is 1.24 bits per heavy atom. The summed E-state index contributed by atoms with van der Waals surface area (Å²) < 4.78 is 44.9. The van der Waals surface area contributed by atoms with Gasteiger partial charge in [-0.1, -0.05) is 12.1 Å². The number of thioether (sulfide) groups is 1. The molecule has 0 aromatic heterocycles. The van der Waals surface area contributed by atoms with E-state index in [0.717, 1.165) is 22.7 Å². The Morgan fingerprint density at radius 2 is 1.90 bits per heavy atom. The molecule has 0 radical (unpaired) electrons. The lowest BCUT2D eigenvalue weighted by Gasteiger charge is -2.55. The van der Waals surface area contributed by atoms with Crippen molar-refractivity contribution in [2.75, 3.05) is 19.5 Å². The summed E-state index contributed by atoms with van der Waals surface area (Å²) in [4.78, 5) is 61.7. The lowest BCUT2D eigenvalue weighted by molar-refractivity contribution is -0.192. The van der Waals surface area contributed by atoms with Crippen LogP contribution >= 0.6 is 11.8 Å². The summed E-state index contributed by atoms with van der Waals surface area (Å²) in [5.74, 6) is -5.10. The first-order valence-corrected chi connectivity index (χ1v) is 14.5. The number of carboxylic acids is 2. The van der Waals surface area contributed by atoms with Crippen LogP contribution in [0.15, 0.2) is 41.6 Å². The van der Waals surface area contributed by atoms with Gasteiger partial charge in [-0.05, 0) is 36.6 Å². The lowest BCUT2D eigenvalue weighted by atomic mass is 9.97. The van der Waals surface area contributed by atoms with Crippen LogP contribution in [0.5, 0.6) is 5.75 Å². The maximum atomic E-state index is 13.1. The van der Waals surface area contributed by atoms with Gasteiger partial charge in [0.1, 0.15) is 29.5 Å². The number of esters is 1. The minimum absolute atomic E-state index is 0.0246. The van der Waals surface area contributed by atoms with Gasteiger partial charge in [0.2, 0.25) is 5.91 Å². The number of nitrogens with two attached hydrogens (primary N) is 1. The van der Waals surface area contributed by atoms with Crippen molar-refractivity contribution in [1.82, 2.24) is 10.2 Å². The number of amides is 2. The van der Waals surface area contributed by atoms with Gasteiger partial charge in [-0.25, -0.2) is 9.59 Å². The molecule has 0 bridgehead atoms. The number of carbonyl (C=O) groups excluding carboxylic acids is 3. The smallest absolute Gasteiger partial charge is 0.446 e. The molecule has 2 heterocycles. The number of aliphatic carboxylic acids is 2. The Bertz CT molecular complexity index is 1430. The molecule has 1 aromatic rings. The Hall–Kier alpha value is -3.97. The molecule has 3 atom stereocenters. The number of benzene rings is 1. The number of carbonyl (C=O) groups is 5. The third-order valence-corrected chi connectivity index (χ3v) is 7.85. The van der Waals surface area contributed by atoms with E-state index in [9.17, 15) is 37.5 Å². The SMILES string of the molecule is CO[C@@]1(NC(=O)CCC[C@@H](N)C(=O)O)C(=O)N2C(C(=O)O)=C(COC(=O)/C=C/c3ccc(OS(=O)(=O)O)cc3)CS[C@H]21. The number of β-lactam (4-membered cyclic amide) rings is 1. The summed E-state index contributed by atoms with van der Waals surface area (Å²) >= 11 is 1.08. The van der Waals surface area contributed by atoms with E-state index in [2.05, 4.69) is 9.50 Å². The highest BCUT2D eigenvalue weighted by molar-refractivity contribution is 8.00. The number of fused-ring (bicyclic) bond motifs is 1. The number of hydrogen-bond donors (Lipinski definition) is 5. The summed E-state index contributed by atoms with van der Waals surface area (Å²) in [7, 11) is -3.50. The zero-order valence-corrected chi connectivity index (χ0v) is 23.6. The van der Waals surface area contributed by atoms with Crippen LogP contribution in [-0.2, 0) is 43.8 Å². The number of nitrogens with one attached hydrogen (secondary N) is 1. The zero-order chi connectivity index (χ0) is 31.2. The average molecular weight is 630 g/mol. The topological polar surface area (TPSA) is 249 Å². The van der Waals surface area contributed by atoms with Crippen LogP contribution in [0.1, 0.15) is 24.8 Å². The van der Waals surface area contributed by atoms with Crippen LogP contribution in [0.4, 0.5) is 0 Å².